The lowest BCUT2D eigenvalue weighted by atomic mass is 10.1. The van der Waals surface area contributed by atoms with Crippen LogP contribution >= 0.6 is 0 Å². The van der Waals surface area contributed by atoms with Gasteiger partial charge in [0, 0.05) is 0 Å². The van der Waals surface area contributed by atoms with Crippen LogP contribution in [0.1, 0.15) is 26.2 Å². The monoisotopic (exact) mass is 220 g/mol. The van der Waals surface area contributed by atoms with E-state index in [0.29, 0.717) is 6.42 Å². The Kier molecular flexibility index (Phi) is 3.88. The molecule has 0 aliphatic carbocycles. The van der Waals surface area contributed by atoms with Gasteiger partial charge in [0.15, 0.2) is 0 Å². The Labute approximate surface area is 84.3 Å². The number of nitrogens with one attached hydrogen (secondary N) is 2. The van der Waals surface area contributed by atoms with Crippen LogP contribution in [-0.4, -0.2) is 32.7 Å². The molecule has 1 fully saturated rings. The minimum Gasteiger partial charge on any atom is -0.306 e. The van der Waals surface area contributed by atoms with Gasteiger partial charge in [-0.15, -0.1) is 0 Å². The van der Waals surface area contributed by atoms with Crippen LogP contribution in [0.3, 0.4) is 0 Å². The Morgan fingerprint density at radius 2 is 2.21 bits per heavy atom. The van der Waals surface area contributed by atoms with Crippen molar-refractivity contribution in [3.63, 3.8) is 0 Å². The van der Waals surface area contributed by atoms with Gasteiger partial charge in [-0.3, -0.25) is 9.52 Å². The van der Waals surface area contributed by atoms with E-state index in [1.54, 1.807) is 0 Å². The molecule has 0 saturated carbocycles. The van der Waals surface area contributed by atoms with Crippen LogP contribution in [0.2, 0.25) is 0 Å². The van der Waals surface area contributed by atoms with E-state index in [1.807, 2.05) is 4.72 Å². The van der Waals surface area contributed by atoms with Crippen LogP contribution < -0.4 is 10.0 Å². The maximum atomic E-state index is 11.4. The molecule has 0 aromatic carbocycles. The molecule has 0 spiro atoms. The van der Waals surface area contributed by atoms with Crippen molar-refractivity contribution in [2.24, 2.45) is 0 Å². The van der Waals surface area contributed by atoms with E-state index in [-0.39, 0.29) is 11.8 Å². The van der Waals surface area contributed by atoms with Crippen molar-refractivity contribution in [2.45, 2.75) is 32.2 Å². The summed E-state index contributed by atoms with van der Waals surface area (Å²) >= 11 is 0. The summed E-state index contributed by atoms with van der Waals surface area (Å²) < 4.78 is 24.2. The first-order valence-electron chi connectivity index (χ1n) is 4.83. The lowest BCUT2D eigenvalue weighted by Gasteiger charge is -2.22. The van der Waals surface area contributed by atoms with E-state index in [4.69, 9.17) is 0 Å². The Morgan fingerprint density at radius 1 is 1.50 bits per heavy atom. The third kappa shape index (κ3) is 3.26. The average Bonchev–Trinajstić information content (AvgIpc) is 2.19. The highest BCUT2D eigenvalue weighted by Gasteiger charge is 2.23. The SMILES string of the molecule is CCS(=O)(=O)NC(=O)C1CCCCN1. The van der Waals surface area contributed by atoms with Crippen molar-refractivity contribution >= 4 is 15.9 Å². The van der Waals surface area contributed by atoms with Gasteiger partial charge in [0.1, 0.15) is 0 Å². The molecular formula is C8H16N2O3S. The fourth-order valence-electron chi connectivity index (χ4n) is 1.37. The van der Waals surface area contributed by atoms with Gasteiger partial charge >= 0.3 is 0 Å². The number of hydrogen-bond donors (Lipinski definition) is 2. The van der Waals surface area contributed by atoms with E-state index >= 15 is 0 Å². The molecule has 0 bridgehead atoms. The largest absolute Gasteiger partial charge is 0.306 e. The van der Waals surface area contributed by atoms with Crippen molar-refractivity contribution in [3.05, 3.63) is 0 Å². The van der Waals surface area contributed by atoms with Gasteiger partial charge < -0.3 is 5.32 Å². The molecule has 1 amide bonds. The third-order valence-corrected chi connectivity index (χ3v) is 3.54. The van der Waals surface area contributed by atoms with Crippen molar-refractivity contribution < 1.29 is 13.2 Å². The molecule has 2 N–H and O–H groups in total. The quantitative estimate of drug-likeness (QED) is 0.678. The molecule has 1 heterocycles. The second-order valence-corrected chi connectivity index (χ2v) is 5.38. The van der Waals surface area contributed by atoms with Crippen LogP contribution in [0.15, 0.2) is 0 Å². The highest BCUT2D eigenvalue weighted by Crippen LogP contribution is 2.07. The summed E-state index contributed by atoms with van der Waals surface area (Å²) in [4.78, 5) is 11.4. The summed E-state index contributed by atoms with van der Waals surface area (Å²) in [5.41, 5.74) is 0. The number of carbonyl (C=O) groups is 1. The zero-order valence-corrected chi connectivity index (χ0v) is 9.06. The molecule has 0 radical (unpaired) electrons. The van der Waals surface area contributed by atoms with E-state index in [0.717, 1.165) is 19.4 Å². The van der Waals surface area contributed by atoms with E-state index in [9.17, 15) is 13.2 Å². The summed E-state index contributed by atoms with van der Waals surface area (Å²) in [5, 5.41) is 2.99. The van der Waals surface area contributed by atoms with Gasteiger partial charge in [0.05, 0.1) is 11.8 Å². The molecule has 0 aromatic rings. The van der Waals surface area contributed by atoms with Crippen LogP contribution in [-0.2, 0) is 14.8 Å². The normalized spacial score (nSPS) is 23.1. The summed E-state index contributed by atoms with van der Waals surface area (Å²) in [7, 11) is -3.41. The van der Waals surface area contributed by atoms with Crippen molar-refractivity contribution in [2.75, 3.05) is 12.3 Å². The standard InChI is InChI=1S/C8H16N2O3S/c1-2-14(12,13)10-8(11)7-5-3-4-6-9-7/h7,9H,2-6H2,1H3,(H,10,11). The molecule has 1 atom stereocenters. The second kappa shape index (κ2) is 4.75. The first-order chi connectivity index (χ1) is 6.55. The number of piperidine rings is 1. The summed E-state index contributed by atoms with van der Waals surface area (Å²) in [6, 6.07) is -0.343. The maximum absolute atomic E-state index is 11.4. The van der Waals surface area contributed by atoms with E-state index in [1.165, 1.54) is 6.92 Å². The van der Waals surface area contributed by atoms with Gasteiger partial charge in [-0.2, -0.15) is 0 Å². The van der Waals surface area contributed by atoms with Crippen LogP contribution in [0.5, 0.6) is 0 Å². The molecule has 0 aromatic heterocycles. The second-order valence-electron chi connectivity index (χ2n) is 3.37. The Balaban J connectivity index is 2.49. The Morgan fingerprint density at radius 3 is 2.71 bits per heavy atom. The fraction of sp³-hybridized carbons (Fsp3) is 0.875. The van der Waals surface area contributed by atoms with Gasteiger partial charge in [-0.1, -0.05) is 6.42 Å². The third-order valence-electron chi connectivity index (χ3n) is 2.26. The number of rotatable bonds is 3. The first kappa shape index (κ1) is 11.5. The van der Waals surface area contributed by atoms with E-state index in [2.05, 4.69) is 5.32 Å². The minimum atomic E-state index is -3.41. The number of sulfonamides is 1. The van der Waals surface area contributed by atoms with Gasteiger partial charge in [-0.05, 0) is 26.3 Å². The van der Waals surface area contributed by atoms with Crippen LogP contribution in [0.25, 0.3) is 0 Å². The topological polar surface area (TPSA) is 75.3 Å². The average molecular weight is 220 g/mol. The summed E-state index contributed by atoms with van der Waals surface area (Å²) in [6.07, 6.45) is 2.73. The number of carbonyl (C=O) groups excluding carboxylic acids is 1. The van der Waals surface area contributed by atoms with Crippen molar-refractivity contribution in [1.29, 1.82) is 0 Å². The van der Waals surface area contributed by atoms with Crippen LogP contribution in [0, 0.1) is 0 Å². The lowest BCUT2D eigenvalue weighted by Crippen LogP contribution is -2.48. The van der Waals surface area contributed by atoms with Crippen molar-refractivity contribution in [1.82, 2.24) is 10.0 Å². The summed E-state index contributed by atoms with van der Waals surface area (Å²) in [5.74, 6) is -0.489. The fourth-order valence-corrected chi connectivity index (χ4v) is 1.97. The number of hydrogen-bond acceptors (Lipinski definition) is 4. The predicted octanol–water partition coefficient (Wildman–Crippen LogP) is -0.406. The van der Waals surface area contributed by atoms with Gasteiger partial charge in [0.2, 0.25) is 10.0 Å². The first-order valence-corrected chi connectivity index (χ1v) is 6.48. The number of amides is 1. The van der Waals surface area contributed by atoms with Crippen molar-refractivity contribution in [3.8, 4) is 0 Å². The molecule has 1 saturated heterocycles. The van der Waals surface area contributed by atoms with Gasteiger partial charge in [0.25, 0.3) is 5.91 Å². The Bertz CT molecular complexity index is 294. The highest BCUT2D eigenvalue weighted by molar-refractivity contribution is 7.90. The zero-order chi connectivity index (χ0) is 10.6. The molecular weight excluding hydrogens is 204 g/mol. The maximum Gasteiger partial charge on any atom is 0.250 e. The summed E-state index contributed by atoms with van der Waals surface area (Å²) in [6.45, 7) is 2.29. The lowest BCUT2D eigenvalue weighted by molar-refractivity contribution is -0.121. The molecule has 14 heavy (non-hydrogen) atoms. The molecule has 1 aliphatic heterocycles. The molecule has 82 valence electrons. The van der Waals surface area contributed by atoms with Gasteiger partial charge in [-0.25, -0.2) is 8.42 Å². The predicted molar refractivity (Wildman–Crippen MR) is 53.2 cm³/mol. The molecule has 6 heteroatoms. The molecule has 5 nitrogen and oxygen atoms in total. The molecule has 1 rings (SSSR count). The molecule has 1 unspecified atom stereocenters. The zero-order valence-electron chi connectivity index (χ0n) is 8.25. The molecule has 1 aliphatic rings. The Hall–Kier alpha value is -0.620. The minimum absolute atomic E-state index is 0.0640. The van der Waals surface area contributed by atoms with E-state index < -0.39 is 15.9 Å². The van der Waals surface area contributed by atoms with Crippen LogP contribution in [0.4, 0.5) is 0 Å². The highest BCUT2D eigenvalue weighted by atomic mass is 32.2. The smallest absolute Gasteiger partial charge is 0.250 e.